The van der Waals surface area contributed by atoms with Crippen LogP contribution in [0.4, 0.5) is 8.78 Å². The number of likely N-dealkylation sites (N-methyl/N-ethyl adjacent to an activating group) is 1. The summed E-state index contributed by atoms with van der Waals surface area (Å²) in [6.07, 6.45) is 0.510. The van der Waals surface area contributed by atoms with Crippen molar-refractivity contribution in [2.24, 2.45) is 0 Å². The van der Waals surface area contributed by atoms with Gasteiger partial charge in [0, 0.05) is 18.1 Å². The number of fused-ring (bicyclic) bond motifs is 1. The molecule has 0 aliphatic carbocycles. The zero-order chi connectivity index (χ0) is 14.1. The smallest absolute Gasteiger partial charge is 0.131 e. The molecule has 20 heavy (non-hydrogen) atoms. The Hall–Kier alpha value is -1.94. The average molecular weight is 275 g/mol. The lowest BCUT2D eigenvalue weighted by Crippen LogP contribution is -2.33. The molecule has 0 saturated heterocycles. The number of nitrogens with one attached hydrogen (secondary N) is 1. The molecule has 1 N–H and O–H groups in total. The van der Waals surface area contributed by atoms with E-state index in [4.69, 9.17) is 4.74 Å². The van der Waals surface area contributed by atoms with Gasteiger partial charge in [0.25, 0.3) is 0 Å². The van der Waals surface area contributed by atoms with Crippen LogP contribution in [-0.2, 0) is 6.42 Å². The van der Waals surface area contributed by atoms with Gasteiger partial charge >= 0.3 is 0 Å². The van der Waals surface area contributed by atoms with Gasteiger partial charge in [-0.15, -0.1) is 0 Å². The molecule has 3 rings (SSSR count). The van der Waals surface area contributed by atoms with Crippen molar-refractivity contribution in [2.75, 3.05) is 7.05 Å². The molecule has 1 aliphatic heterocycles. The van der Waals surface area contributed by atoms with E-state index in [1.807, 2.05) is 24.3 Å². The lowest BCUT2D eigenvalue weighted by molar-refractivity contribution is 0.181. The highest BCUT2D eigenvalue weighted by molar-refractivity contribution is 5.38. The van der Waals surface area contributed by atoms with Crippen molar-refractivity contribution in [3.63, 3.8) is 0 Å². The Morgan fingerprint density at radius 2 is 2.00 bits per heavy atom. The predicted octanol–water partition coefficient (Wildman–Crippen LogP) is 3.23. The highest BCUT2D eigenvalue weighted by Gasteiger charge is 2.31. The van der Waals surface area contributed by atoms with Crippen LogP contribution in [0.15, 0.2) is 42.5 Å². The molecule has 104 valence electrons. The first-order chi connectivity index (χ1) is 9.69. The van der Waals surface area contributed by atoms with Crippen LogP contribution in [0.3, 0.4) is 0 Å². The van der Waals surface area contributed by atoms with Gasteiger partial charge in [-0.2, -0.15) is 0 Å². The van der Waals surface area contributed by atoms with Crippen molar-refractivity contribution in [1.29, 1.82) is 0 Å². The zero-order valence-corrected chi connectivity index (χ0v) is 11.1. The Morgan fingerprint density at radius 3 is 2.70 bits per heavy atom. The third-order valence-corrected chi connectivity index (χ3v) is 3.65. The van der Waals surface area contributed by atoms with E-state index in [1.54, 1.807) is 7.05 Å². The maximum absolute atomic E-state index is 13.9. The van der Waals surface area contributed by atoms with Gasteiger partial charge in [-0.1, -0.05) is 24.3 Å². The normalized spacial score (nSPS) is 18.4. The molecule has 4 heteroatoms. The van der Waals surface area contributed by atoms with E-state index in [-0.39, 0.29) is 12.1 Å². The molecule has 1 aliphatic rings. The van der Waals surface area contributed by atoms with Crippen LogP contribution < -0.4 is 10.1 Å². The van der Waals surface area contributed by atoms with E-state index >= 15 is 0 Å². The summed E-state index contributed by atoms with van der Waals surface area (Å²) in [6, 6.07) is 11.1. The number of para-hydroxylation sites is 1. The van der Waals surface area contributed by atoms with Crippen LogP contribution in [0.1, 0.15) is 17.2 Å². The molecule has 0 bridgehead atoms. The van der Waals surface area contributed by atoms with E-state index in [0.717, 1.165) is 17.4 Å². The molecule has 1 heterocycles. The second-order valence-electron chi connectivity index (χ2n) is 4.90. The van der Waals surface area contributed by atoms with Gasteiger partial charge in [0.05, 0.1) is 6.04 Å². The number of hydrogen-bond donors (Lipinski definition) is 1. The maximum Gasteiger partial charge on any atom is 0.131 e. The topological polar surface area (TPSA) is 21.3 Å². The van der Waals surface area contributed by atoms with Crippen molar-refractivity contribution < 1.29 is 13.5 Å². The van der Waals surface area contributed by atoms with Crippen LogP contribution in [0.25, 0.3) is 0 Å². The van der Waals surface area contributed by atoms with E-state index in [0.29, 0.717) is 12.0 Å². The molecule has 2 unspecified atom stereocenters. The quantitative estimate of drug-likeness (QED) is 0.928. The third-order valence-electron chi connectivity index (χ3n) is 3.65. The van der Waals surface area contributed by atoms with Gasteiger partial charge < -0.3 is 10.1 Å². The minimum absolute atomic E-state index is 0.197. The minimum atomic E-state index is -0.572. The molecule has 2 aromatic carbocycles. The SMILES string of the molecule is CNC(c1ccc(F)cc1F)C1Cc2ccccc2O1. The van der Waals surface area contributed by atoms with Gasteiger partial charge in [-0.05, 0) is 24.7 Å². The standard InChI is InChI=1S/C16H15F2NO/c1-19-16(12-7-6-11(17)9-13(12)18)15-8-10-4-2-3-5-14(10)20-15/h2-7,9,15-16,19H,8H2,1H3. The summed E-state index contributed by atoms with van der Waals surface area (Å²) in [5.74, 6) is -0.291. The van der Waals surface area contributed by atoms with Crippen molar-refractivity contribution in [2.45, 2.75) is 18.6 Å². The molecular weight excluding hydrogens is 260 g/mol. The molecule has 2 atom stereocenters. The Labute approximate surface area is 116 Å². The molecule has 0 spiro atoms. The fourth-order valence-electron chi connectivity index (χ4n) is 2.69. The number of hydrogen-bond acceptors (Lipinski definition) is 2. The highest BCUT2D eigenvalue weighted by Crippen LogP contribution is 2.34. The van der Waals surface area contributed by atoms with Crippen LogP contribution in [0.5, 0.6) is 5.75 Å². The highest BCUT2D eigenvalue weighted by atomic mass is 19.1. The van der Waals surface area contributed by atoms with Gasteiger partial charge in [0.2, 0.25) is 0 Å². The lowest BCUT2D eigenvalue weighted by Gasteiger charge is -2.23. The number of ether oxygens (including phenoxy) is 1. The van der Waals surface area contributed by atoms with Gasteiger partial charge in [-0.25, -0.2) is 8.78 Å². The molecule has 0 aromatic heterocycles. The first kappa shape index (κ1) is 13.1. The van der Waals surface area contributed by atoms with Crippen LogP contribution >= 0.6 is 0 Å². The molecule has 0 saturated carbocycles. The summed E-state index contributed by atoms with van der Waals surface area (Å²) in [5.41, 5.74) is 1.53. The van der Waals surface area contributed by atoms with Crippen molar-refractivity contribution >= 4 is 0 Å². The largest absolute Gasteiger partial charge is 0.488 e. The number of benzene rings is 2. The Balaban J connectivity index is 1.89. The van der Waals surface area contributed by atoms with E-state index < -0.39 is 11.6 Å². The van der Waals surface area contributed by atoms with Crippen molar-refractivity contribution in [1.82, 2.24) is 5.32 Å². The summed E-state index contributed by atoms with van der Waals surface area (Å²) in [5, 5.41) is 3.07. The number of rotatable bonds is 3. The van der Waals surface area contributed by atoms with Crippen molar-refractivity contribution in [3.05, 3.63) is 65.2 Å². The van der Waals surface area contributed by atoms with Crippen LogP contribution in [0, 0.1) is 11.6 Å². The van der Waals surface area contributed by atoms with E-state index in [1.165, 1.54) is 12.1 Å². The predicted molar refractivity (Wildman–Crippen MR) is 72.7 cm³/mol. The Morgan fingerprint density at radius 1 is 1.20 bits per heavy atom. The lowest BCUT2D eigenvalue weighted by atomic mass is 9.97. The third kappa shape index (κ3) is 2.27. The molecule has 0 radical (unpaired) electrons. The Bertz CT molecular complexity index is 605. The van der Waals surface area contributed by atoms with Gasteiger partial charge in [-0.3, -0.25) is 0 Å². The van der Waals surface area contributed by atoms with Gasteiger partial charge in [0.15, 0.2) is 0 Å². The summed E-state index contributed by atoms with van der Waals surface area (Å²) in [6.45, 7) is 0. The van der Waals surface area contributed by atoms with E-state index in [9.17, 15) is 8.78 Å². The second-order valence-corrected chi connectivity index (χ2v) is 4.90. The molecular formula is C16H15F2NO. The van der Waals surface area contributed by atoms with E-state index in [2.05, 4.69) is 5.32 Å². The molecule has 0 fully saturated rings. The van der Waals surface area contributed by atoms with Crippen LogP contribution in [-0.4, -0.2) is 13.2 Å². The zero-order valence-electron chi connectivity index (χ0n) is 11.1. The average Bonchev–Trinajstić information content (AvgIpc) is 2.85. The van der Waals surface area contributed by atoms with Crippen LogP contribution in [0.2, 0.25) is 0 Å². The maximum atomic E-state index is 13.9. The van der Waals surface area contributed by atoms with Crippen molar-refractivity contribution in [3.8, 4) is 5.75 Å². The molecule has 2 nitrogen and oxygen atoms in total. The fourth-order valence-corrected chi connectivity index (χ4v) is 2.69. The summed E-state index contributed by atoms with van der Waals surface area (Å²) >= 11 is 0. The number of halogens is 2. The summed E-state index contributed by atoms with van der Waals surface area (Å²) < 4.78 is 32.8. The minimum Gasteiger partial charge on any atom is -0.488 e. The fraction of sp³-hybridized carbons (Fsp3) is 0.250. The first-order valence-electron chi connectivity index (χ1n) is 6.56. The molecule has 2 aromatic rings. The van der Waals surface area contributed by atoms with Gasteiger partial charge in [0.1, 0.15) is 23.5 Å². The summed E-state index contributed by atoms with van der Waals surface area (Å²) in [4.78, 5) is 0. The summed E-state index contributed by atoms with van der Waals surface area (Å²) in [7, 11) is 1.75. The molecule has 0 amide bonds. The first-order valence-corrected chi connectivity index (χ1v) is 6.56. The monoisotopic (exact) mass is 275 g/mol. The Kier molecular flexibility index (Phi) is 3.40. The second kappa shape index (κ2) is 5.21.